The largest absolute Gasteiger partial charge is 0.456 e. The van der Waals surface area contributed by atoms with Crippen molar-refractivity contribution in [1.82, 2.24) is 0 Å². The molecular formula is C66H44N2O2. The van der Waals surface area contributed by atoms with Gasteiger partial charge in [-0.05, 0) is 164 Å². The Morgan fingerprint density at radius 2 is 0.843 bits per heavy atom. The second kappa shape index (κ2) is 16.3. The van der Waals surface area contributed by atoms with Gasteiger partial charge in [0.15, 0.2) is 0 Å². The standard InChI is InChI=1S/C66H44N2O2/c1-4-20-45(21-5-1)67(46-22-6-2-7-23-46)49-36-38-51-57(41-49)63(55-28-16-32-61-65(55)53-26-12-14-30-59(53)69-61)52-39-37-50(68(47-24-8-3-9-25-47)48-35-34-43-18-10-11-19-44(43)40-48)42-58(52)64(51)56-29-17-33-62-66(56)54-27-13-15-31-60(54)70-62/h1-15,17-27,29-42H,16,28H2. The van der Waals surface area contributed by atoms with Gasteiger partial charge in [-0.15, -0.1) is 0 Å². The third kappa shape index (κ3) is 6.45. The van der Waals surface area contributed by atoms with E-state index in [1.807, 2.05) is 0 Å². The highest BCUT2D eigenvalue weighted by molar-refractivity contribution is 6.25. The van der Waals surface area contributed by atoms with Crippen molar-refractivity contribution in [2.75, 3.05) is 9.80 Å². The number of benzene rings is 11. The quantitative estimate of drug-likeness (QED) is 0.142. The summed E-state index contributed by atoms with van der Waals surface area (Å²) in [6, 6.07) is 85.4. The molecule has 0 fully saturated rings. The van der Waals surface area contributed by atoms with Crippen LogP contribution in [0, 0.1) is 0 Å². The average Bonchev–Trinajstić information content (AvgIpc) is 4.01. The zero-order valence-corrected chi connectivity index (χ0v) is 38.2. The van der Waals surface area contributed by atoms with E-state index in [1.54, 1.807) is 0 Å². The Hall–Kier alpha value is -9.12. The van der Waals surface area contributed by atoms with E-state index in [-0.39, 0.29) is 0 Å². The van der Waals surface area contributed by atoms with E-state index in [0.717, 1.165) is 107 Å². The first-order valence-corrected chi connectivity index (χ1v) is 24.1. The zero-order chi connectivity index (χ0) is 46.1. The van der Waals surface area contributed by atoms with Crippen LogP contribution in [0.25, 0.3) is 88.0 Å². The summed E-state index contributed by atoms with van der Waals surface area (Å²) in [5, 5.41) is 11.6. The Morgan fingerprint density at radius 3 is 1.53 bits per heavy atom. The van der Waals surface area contributed by atoms with Crippen LogP contribution in [0.5, 0.6) is 0 Å². The van der Waals surface area contributed by atoms with Gasteiger partial charge in [0.1, 0.15) is 22.2 Å². The third-order valence-electron chi connectivity index (χ3n) is 14.3. The molecule has 1 aliphatic carbocycles. The molecule has 1 aliphatic rings. The average molecular weight is 897 g/mol. The molecule has 0 N–H and O–H groups in total. The van der Waals surface area contributed by atoms with Crippen LogP contribution in [0.3, 0.4) is 0 Å². The van der Waals surface area contributed by atoms with Gasteiger partial charge in [0.25, 0.3) is 0 Å². The predicted octanol–water partition coefficient (Wildman–Crippen LogP) is 17.2. The lowest BCUT2D eigenvalue weighted by atomic mass is 9.82. The minimum Gasteiger partial charge on any atom is -0.456 e. The summed E-state index contributed by atoms with van der Waals surface area (Å²) < 4.78 is 13.4. The van der Waals surface area contributed by atoms with Gasteiger partial charge in [-0.1, -0.05) is 146 Å². The van der Waals surface area contributed by atoms with E-state index in [2.05, 4.69) is 252 Å². The van der Waals surface area contributed by atoms with Crippen molar-refractivity contribution in [3.05, 3.63) is 253 Å². The summed E-state index contributed by atoms with van der Waals surface area (Å²) in [6.45, 7) is 0. The van der Waals surface area contributed by atoms with E-state index in [4.69, 9.17) is 8.83 Å². The molecule has 330 valence electrons. The Balaban J connectivity index is 1.16. The molecule has 0 unspecified atom stereocenters. The van der Waals surface area contributed by atoms with Gasteiger partial charge in [0, 0.05) is 55.5 Å². The Labute approximate surface area is 404 Å². The van der Waals surface area contributed by atoms with Crippen LogP contribution in [0.15, 0.2) is 245 Å². The van der Waals surface area contributed by atoms with Crippen molar-refractivity contribution < 1.29 is 8.83 Å². The van der Waals surface area contributed by atoms with E-state index >= 15 is 0 Å². The van der Waals surface area contributed by atoms with Crippen molar-refractivity contribution >= 4 is 111 Å². The maximum Gasteiger partial charge on any atom is 0.136 e. The molecule has 70 heavy (non-hydrogen) atoms. The van der Waals surface area contributed by atoms with Crippen LogP contribution >= 0.6 is 0 Å². The summed E-state index contributed by atoms with van der Waals surface area (Å²) in [6.07, 6.45) is 4.01. The molecule has 0 radical (unpaired) electrons. The van der Waals surface area contributed by atoms with E-state index in [0.29, 0.717) is 0 Å². The fraction of sp³-hybridized carbons (Fsp3) is 0.0303. The molecule has 0 atom stereocenters. The van der Waals surface area contributed by atoms with Crippen molar-refractivity contribution in [2.45, 2.75) is 12.8 Å². The lowest BCUT2D eigenvalue weighted by Gasteiger charge is -2.28. The molecule has 2 heterocycles. The topological polar surface area (TPSA) is 32.8 Å². The fourth-order valence-corrected chi connectivity index (χ4v) is 11.3. The molecule has 4 heteroatoms. The smallest absolute Gasteiger partial charge is 0.136 e. The van der Waals surface area contributed by atoms with E-state index < -0.39 is 0 Å². The van der Waals surface area contributed by atoms with Crippen LogP contribution in [-0.2, 0) is 0 Å². The number of hydrogen-bond acceptors (Lipinski definition) is 4. The predicted molar refractivity (Wildman–Crippen MR) is 293 cm³/mol. The summed E-state index contributed by atoms with van der Waals surface area (Å²) >= 11 is 0. The molecular weight excluding hydrogens is 853 g/mol. The van der Waals surface area contributed by atoms with Gasteiger partial charge in [0.05, 0.1) is 0 Å². The molecule has 0 saturated carbocycles. The number of hydrogen-bond donors (Lipinski definition) is 0. The van der Waals surface area contributed by atoms with Gasteiger partial charge in [-0.25, -0.2) is 0 Å². The minimum atomic E-state index is 0.863. The number of rotatable bonds is 8. The lowest BCUT2D eigenvalue weighted by Crippen LogP contribution is -2.26. The Kier molecular flexibility index (Phi) is 9.31. The molecule has 0 amide bonds. The highest BCUT2D eigenvalue weighted by Crippen LogP contribution is 2.50. The molecule has 4 nitrogen and oxygen atoms in total. The van der Waals surface area contributed by atoms with Gasteiger partial charge >= 0.3 is 0 Å². The van der Waals surface area contributed by atoms with Crippen molar-refractivity contribution in [1.29, 1.82) is 0 Å². The van der Waals surface area contributed by atoms with Crippen molar-refractivity contribution in [2.24, 2.45) is 0 Å². The van der Waals surface area contributed by atoms with Crippen molar-refractivity contribution in [3.8, 4) is 11.1 Å². The van der Waals surface area contributed by atoms with E-state index in [1.165, 1.54) is 37.9 Å². The normalized spacial score (nSPS) is 12.5. The molecule has 11 aromatic carbocycles. The molecule has 14 rings (SSSR count). The first-order valence-electron chi connectivity index (χ1n) is 24.1. The Morgan fingerprint density at radius 1 is 0.329 bits per heavy atom. The molecule has 0 bridgehead atoms. The lowest BCUT2D eigenvalue weighted by molar-refractivity contribution is 0.571. The van der Waals surface area contributed by atoms with Crippen LogP contribution in [-0.4, -0.2) is 0 Å². The number of anilines is 6. The number of nitrogens with zero attached hydrogens (tertiary/aromatic N) is 2. The highest BCUT2D eigenvalue weighted by atomic mass is 16.3. The second-order valence-electron chi connectivity index (χ2n) is 18.3. The Bertz CT molecular complexity index is 4270. The van der Waals surface area contributed by atoms with Gasteiger partial charge in [0.2, 0.25) is 0 Å². The highest BCUT2D eigenvalue weighted by Gasteiger charge is 2.26. The van der Waals surface area contributed by atoms with E-state index in [9.17, 15) is 0 Å². The first-order chi connectivity index (χ1) is 34.7. The zero-order valence-electron chi connectivity index (χ0n) is 38.2. The summed E-state index contributed by atoms with van der Waals surface area (Å²) in [7, 11) is 0. The summed E-state index contributed by atoms with van der Waals surface area (Å²) in [5.74, 6) is 0. The maximum absolute atomic E-state index is 6.69. The number of furan rings is 2. The van der Waals surface area contributed by atoms with Gasteiger partial charge in [-0.3, -0.25) is 0 Å². The number of fused-ring (bicyclic) bond motifs is 9. The molecule has 2 aromatic heterocycles. The van der Waals surface area contributed by atoms with Crippen LogP contribution < -0.4 is 20.4 Å². The molecule has 0 saturated heterocycles. The fourth-order valence-electron chi connectivity index (χ4n) is 11.3. The summed E-state index contributed by atoms with van der Waals surface area (Å²) in [4.78, 5) is 4.78. The van der Waals surface area contributed by atoms with Crippen LogP contribution in [0.1, 0.15) is 18.4 Å². The van der Waals surface area contributed by atoms with Crippen LogP contribution in [0.4, 0.5) is 34.1 Å². The molecule has 0 aliphatic heterocycles. The van der Waals surface area contributed by atoms with Gasteiger partial charge in [-0.2, -0.15) is 0 Å². The second-order valence-corrected chi connectivity index (χ2v) is 18.3. The maximum atomic E-state index is 6.69. The third-order valence-corrected chi connectivity index (χ3v) is 14.3. The van der Waals surface area contributed by atoms with Crippen molar-refractivity contribution in [3.63, 3.8) is 0 Å². The minimum absolute atomic E-state index is 0.863. The SMILES string of the molecule is C1=c2oc3ccccc3c2=C(c2c3cc(N(c4ccccc4)c4ccccc4)ccc3c(-c3cccc4oc5ccccc5c34)c3cc(N(c4ccccc4)c4ccc5ccccc5c4)ccc23)CC1. The van der Waals surface area contributed by atoms with Crippen LogP contribution in [0.2, 0.25) is 0 Å². The first kappa shape index (κ1) is 40.0. The molecule has 0 spiro atoms. The molecule has 13 aromatic rings. The monoisotopic (exact) mass is 896 g/mol. The number of para-hydroxylation sites is 5. The van der Waals surface area contributed by atoms with Gasteiger partial charge < -0.3 is 18.6 Å². The summed E-state index contributed by atoms with van der Waals surface area (Å²) in [5.41, 5.74) is 14.9.